The van der Waals surface area contributed by atoms with Crippen LogP contribution in [0.1, 0.15) is 53.2 Å². The van der Waals surface area contributed by atoms with Crippen molar-refractivity contribution in [1.29, 1.82) is 0 Å². The summed E-state index contributed by atoms with van der Waals surface area (Å²) in [6, 6.07) is 19.3. The van der Waals surface area contributed by atoms with E-state index >= 15 is 0 Å². The molecule has 34 heavy (non-hydrogen) atoms. The van der Waals surface area contributed by atoms with Crippen LogP contribution in [-0.2, 0) is 24.2 Å². The van der Waals surface area contributed by atoms with Gasteiger partial charge in [0.15, 0.2) is 23.0 Å². The van der Waals surface area contributed by atoms with Crippen LogP contribution in [0, 0.1) is 0 Å². The van der Waals surface area contributed by atoms with Crippen LogP contribution in [0.3, 0.4) is 0 Å². The summed E-state index contributed by atoms with van der Waals surface area (Å²) < 4.78 is 22.6. The normalized spacial score (nSPS) is 19.8. The molecule has 3 aromatic carbocycles. The summed E-state index contributed by atoms with van der Waals surface area (Å²) in [7, 11) is 1.62. The van der Waals surface area contributed by atoms with E-state index in [-0.39, 0.29) is 24.8 Å². The van der Waals surface area contributed by atoms with Crippen LogP contribution < -0.4 is 18.9 Å². The number of methoxy groups -OCH3 is 1. The van der Waals surface area contributed by atoms with Gasteiger partial charge in [0.05, 0.1) is 7.11 Å². The number of rotatable bonds is 5. The highest BCUT2D eigenvalue weighted by Crippen LogP contribution is 2.52. The Morgan fingerprint density at radius 2 is 1.62 bits per heavy atom. The molecule has 0 saturated carbocycles. The first kappa shape index (κ1) is 21.1. The highest BCUT2D eigenvalue weighted by atomic mass is 16.7. The number of hydrogen-bond donors (Lipinski definition) is 0. The molecule has 3 aliphatic heterocycles. The molecule has 0 saturated heterocycles. The van der Waals surface area contributed by atoms with Crippen molar-refractivity contribution in [3.63, 3.8) is 0 Å². The second-order valence-corrected chi connectivity index (χ2v) is 9.03. The fourth-order valence-corrected chi connectivity index (χ4v) is 5.49. The standard InChI is InChI=1S/C28H27NO5/c1-3-28(30)34-27-12-19-10-23-21-14-26-25(32-16-33-26)11-18(21)9-22(20(19)13-24(27)31-2)29(23)15-17-7-5-4-6-8-17/h4-8,11-14,22-23H,3,9-10,15-16H2,1-2H3/t22-,23-/m0/s1. The molecule has 6 rings (SSSR count). The lowest BCUT2D eigenvalue weighted by Crippen LogP contribution is -2.42. The number of carbonyl (C=O) groups is 1. The van der Waals surface area contributed by atoms with E-state index in [1.165, 1.54) is 27.8 Å². The van der Waals surface area contributed by atoms with Crippen LogP contribution in [0.15, 0.2) is 54.6 Å². The van der Waals surface area contributed by atoms with Gasteiger partial charge >= 0.3 is 5.97 Å². The first-order valence-corrected chi connectivity index (χ1v) is 11.8. The second-order valence-electron chi connectivity index (χ2n) is 9.03. The van der Waals surface area contributed by atoms with E-state index < -0.39 is 0 Å². The maximum Gasteiger partial charge on any atom is 0.311 e. The lowest BCUT2D eigenvalue weighted by atomic mass is 9.76. The van der Waals surface area contributed by atoms with E-state index in [0.717, 1.165) is 30.9 Å². The topological polar surface area (TPSA) is 57.2 Å². The second kappa shape index (κ2) is 8.37. The van der Waals surface area contributed by atoms with Crippen LogP contribution in [0.5, 0.6) is 23.0 Å². The lowest BCUT2D eigenvalue weighted by Gasteiger charge is -2.48. The summed E-state index contributed by atoms with van der Waals surface area (Å²) in [5, 5.41) is 0. The Bertz CT molecular complexity index is 1260. The third kappa shape index (κ3) is 3.49. The van der Waals surface area contributed by atoms with Crippen molar-refractivity contribution in [2.24, 2.45) is 0 Å². The Kier molecular flexibility index (Phi) is 5.18. The molecule has 0 fully saturated rings. The molecular weight excluding hydrogens is 430 g/mol. The van der Waals surface area contributed by atoms with E-state index in [1.54, 1.807) is 14.0 Å². The third-order valence-corrected chi connectivity index (χ3v) is 7.13. The average Bonchev–Trinajstić information content (AvgIpc) is 3.31. The Hall–Kier alpha value is -3.51. The molecule has 0 N–H and O–H groups in total. The van der Waals surface area contributed by atoms with Gasteiger partial charge < -0.3 is 18.9 Å². The van der Waals surface area contributed by atoms with Gasteiger partial charge in [-0.1, -0.05) is 37.3 Å². The molecule has 174 valence electrons. The van der Waals surface area contributed by atoms with E-state index in [4.69, 9.17) is 18.9 Å². The van der Waals surface area contributed by atoms with Crippen molar-refractivity contribution in [2.45, 2.75) is 44.8 Å². The smallest absolute Gasteiger partial charge is 0.311 e. The summed E-state index contributed by atoms with van der Waals surface area (Å²) >= 11 is 0. The largest absolute Gasteiger partial charge is 0.493 e. The predicted molar refractivity (Wildman–Crippen MR) is 126 cm³/mol. The van der Waals surface area contributed by atoms with Gasteiger partial charge in [-0.15, -0.1) is 0 Å². The molecule has 3 heterocycles. The highest BCUT2D eigenvalue weighted by Gasteiger charge is 2.42. The number of carbonyl (C=O) groups excluding carboxylic acids is 1. The van der Waals surface area contributed by atoms with Gasteiger partial charge in [-0.05, 0) is 64.9 Å². The monoisotopic (exact) mass is 457 g/mol. The van der Waals surface area contributed by atoms with Crippen molar-refractivity contribution in [1.82, 2.24) is 4.90 Å². The summed E-state index contributed by atoms with van der Waals surface area (Å²) in [5.74, 6) is 2.46. The first-order chi connectivity index (χ1) is 16.6. The predicted octanol–water partition coefficient (Wildman–Crippen LogP) is 5.14. The van der Waals surface area contributed by atoms with Crippen LogP contribution in [0.25, 0.3) is 0 Å². The molecule has 0 unspecified atom stereocenters. The molecule has 0 aromatic heterocycles. The molecule has 2 bridgehead atoms. The molecule has 2 atom stereocenters. The Morgan fingerprint density at radius 1 is 0.941 bits per heavy atom. The van der Waals surface area contributed by atoms with Crippen LogP contribution in [0.2, 0.25) is 0 Å². The van der Waals surface area contributed by atoms with Crippen molar-refractivity contribution < 1.29 is 23.7 Å². The van der Waals surface area contributed by atoms with Gasteiger partial charge in [-0.3, -0.25) is 9.69 Å². The van der Waals surface area contributed by atoms with Crippen molar-refractivity contribution in [3.8, 4) is 23.0 Å². The Labute approximate surface area is 199 Å². The number of ether oxygens (including phenoxy) is 4. The minimum Gasteiger partial charge on any atom is -0.493 e. The Morgan fingerprint density at radius 3 is 2.32 bits per heavy atom. The van der Waals surface area contributed by atoms with Crippen molar-refractivity contribution in [2.75, 3.05) is 13.9 Å². The van der Waals surface area contributed by atoms with Crippen LogP contribution in [-0.4, -0.2) is 24.8 Å². The molecule has 0 spiro atoms. The van der Waals surface area contributed by atoms with Crippen LogP contribution >= 0.6 is 0 Å². The SMILES string of the molecule is CCC(=O)Oc1cc2c(cc1OC)[C@@H]1Cc3cc4c(cc3[C@H](C2)N1Cc1ccccc1)OCO4. The van der Waals surface area contributed by atoms with Gasteiger partial charge in [0.2, 0.25) is 6.79 Å². The van der Waals surface area contributed by atoms with E-state index in [1.807, 2.05) is 6.07 Å². The van der Waals surface area contributed by atoms with E-state index in [9.17, 15) is 4.79 Å². The quantitative estimate of drug-likeness (QED) is 0.391. The minimum atomic E-state index is -0.266. The highest BCUT2D eigenvalue weighted by molar-refractivity contribution is 5.73. The van der Waals surface area contributed by atoms with Gasteiger partial charge in [0.1, 0.15) is 0 Å². The minimum absolute atomic E-state index is 0.173. The molecule has 6 nitrogen and oxygen atoms in total. The maximum absolute atomic E-state index is 12.0. The number of nitrogens with zero attached hydrogens (tertiary/aromatic N) is 1. The summed E-state index contributed by atoms with van der Waals surface area (Å²) in [5.41, 5.74) is 6.29. The summed E-state index contributed by atoms with van der Waals surface area (Å²) in [6.07, 6.45) is 1.99. The van der Waals surface area contributed by atoms with Crippen molar-refractivity contribution in [3.05, 3.63) is 82.4 Å². The summed E-state index contributed by atoms with van der Waals surface area (Å²) in [6.45, 7) is 2.91. The fraction of sp³-hybridized carbons (Fsp3) is 0.321. The van der Waals surface area contributed by atoms with Crippen LogP contribution in [0.4, 0.5) is 0 Å². The molecule has 3 aliphatic rings. The van der Waals surface area contributed by atoms with Crippen molar-refractivity contribution >= 4 is 5.97 Å². The number of hydrogen-bond acceptors (Lipinski definition) is 6. The Balaban J connectivity index is 1.46. The molecule has 3 aromatic rings. The molecule has 0 amide bonds. The maximum atomic E-state index is 12.0. The van der Waals surface area contributed by atoms with Gasteiger partial charge in [-0.2, -0.15) is 0 Å². The van der Waals surface area contributed by atoms with Gasteiger partial charge in [-0.25, -0.2) is 0 Å². The number of esters is 1. The molecule has 6 heteroatoms. The number of fused-ring (bicyclic) bond motifs is 7. The molecule has 0 radical (unpaired) electrons. The third-order valence-electron chi connectivity index (χ3n) is 7.13. The van der Waals surface area contributed by atoms with Gasteiger partial charge in [0, 0.05) is 25.0 Å². The zero-order valence-electron chi connectivity index (χ0n) is 19.4. The number of benzene rings is 3. The van der Waals surface area contributed by atoms with Gasteiger partial charge in [0.25, 0.3) is 0 Å². The molecule has 0 aliphatic carbocycles. The fourth-order valence-electron chi connectivity index (χ4n) is 5.49. The average molecular weight is 458 g/mol. The summed E-state index contributed by atoms with van der Waals surface area (Å²) in [4.78, 5) is 14.6. The molecular formula is C28H27NO5. The zero-order valence-corrected chi connectivity index (χ0v) is 19.4. The lowest BCUT2D eigenvalue weighted by molar-refractivity contribution is -0.134. The zero-order chi connectivity index (χ0) is 23.2. The van der Waals surface area contributed by atoms with E-state index in [2.05, 4.69) is 53.4 Å². The van der Waals surface area contributed by atoms with E-state index in [0.29, 0.717) is 17.9 Å². The first-order valence-electron chi connectivity index (χ1n) is 11.8.